The highest BCUT2D eigenvalue weighted by molar-refractivity contribution is 14.1. The van der Waals surface area contributed by atoms with E-state index < -0.39 is 0 Å². The van der Waals surface area contributed by atoms with E-state index in [2.05, 4.69) is 18.7 Å². The fourth-order valence-electron chi connectivity index (χ4n) is 2.78. The molecule has 0 saturated carbocycles. The van der Waals surface area contributed by atoms with Crippen LogP contribution in [0.1, 0.15) is 11.1 Å². The van der Waals surface area contributed by atoms with Gasteiger partial charge in [-0.25, -0.2) is 4.98 Å². The average molecular weight is 499 g/mol. The first-order valence-electron chi connectivity index (χ1n) is 8.52. The summed E-state index contributed by atoms with van der Waals surface area (Å²) in [6.45, 7) is 4.84. The number of carbonyl (C=O) groups excluding carboxylic acids is 1. The van der Waals surface area contributed by atoms with Gasteiger partial charge in [0.25, 0.3) is 0 Å². The largest absolute Gasteiger partial charge is 0.378 e. The summed E-state index contributed by atoms with van der Waals surface area (Å²) >= 11 is 8.15. The van der Waals surface area contributed by atoms with E-state index in [4.69, 9.17) is 16.3 Å². The van der Waals surface area contributed by atoms with E-state index in [-0.39, 0.29) is 5.91 Å². The van der Waals surface area contributed by atoms with Crippen molar-refractivity contribution in [3.8, 4) is 0 Å². The van der Waals surface area contributed by atoms with Gasteiger partial charge in [-0.15, -0.1) is 0 Å². The molecule has 2 heterocycles. The summed E-state index contributed by atoms with van der Waals surface area (Å²) in [5.41, 5.74) is 3.23. The minimum atomic E-state index is -0.221. The van der Waals surface area contributed by atoms with Gasteiger partial charge in [0, 0.05) is 35.9 Å². The van der Waals surface area contributed by atoms with Crippen molar-refractivity contribution in [3.63, 3.8) is 0 Å². The summed E-state index contributed by atoms with van der Waals surface area (Å²) in [4.78, 5) is 19.1. The van der Waals surface area contributed by atoms with Gasteiger partial charge in [-0.1, -0.05) is 11.6 Å². The van der Waals surface area contributed by atoms with Crippen LogP contribution in [0.2, 0.25) is 5.02 Å². The Balaban J connectivity index is 1.75. The lowest BCUT2D eigenvalue weighted by atomic mass is 10.2. The molecule has 8 heteroatoms. The third-order valence-electron chi connectivity index (χ3n) is 4.20. The number of hydrogen-bond donors (Lipinski definition) is 2. The zero-order valence-electron chi connectivity index (χ0n) is 14.8. The number of benzene rings is 1. The summed E-state index contributed by atoms with van der Waals surface area (Å²) in [5.74, 6) is 0.642. The molecular weight excluding hydrogens is 479 g/mol. The maximum absolute atomic E-state index is 12.4. The second kappa shape index (κ2) is 9.38. The molecule has 1 aliphatic rings. The van der Waals surface area contributed by atoms with E-state index in [0.717, 1.165) is 35.7 Å². The molecule has 1 fully saturated rings. The molecule has 2 N–H and O–H groups in total. The van der Waals surface area contributed by atoms with Crippen LogP contribution >= 0.6 is 34.5 Å². The van der Waals surface area contributed by atoms with E-state index in [9.17, 15) is 4.79 Å². The van der Waals surface area contributed by atoms with Crippen molar-refractivity contribution in [1.29, 1.82) is 0 Å². The van der Waals surface area contributed by atoms with Gasteiger partial charge >= 0.3 is 0 Å². The molecule has 0 radical (unpaired) electrons. The summed E-state index contributed by atoms with van der Waals surface area (Å²) in [7, 11) is 0. The van der Waals surface area contributed by atoms with Crippen molar-refractivity contribution in [2.75, 3.05) is 40.1 Å². The van der Waals surface area contributed by atoms with Gasteiger partial charge in [0.05, 0.1) is 47.5 Å². The second-order valence-electron chi connectivity index (χ2n) is 6.08. The molecule has 0 bridgehead atoms. The van der Waals surface area contributed by atoms with Crippen LogP contribution in [0, 0.1) is 6.92 Å². The zero-order chi connectivity index (χ0) is 19.2. The van der Waals surface area contributed by atoms with Crippen molar-refractivity contribution in [3.05, 3.63) is 52.7 Å². The fourth-order valence-corrected chi connectivity index (χ4v) is 3.39. The van der Waals surface area contributed by atoms with Gasteiger partial charge in [-0.05, 0) is 42.8 Å². The van der Waals surface area contributed by atoms with Gasteiger partial charge in [-0.3, -0.25) is 4.79 Å². The number of amides is 1. The Morgan fingerprint density at radius 1 is 1.33 bits per heavy atom. The highest BCUT2D eigenvalue weighted by atomic mass is 127. The van der Waals surface area contributed by atoms with Crippen LogP contribution in [0.4, 0.5) is 17.2 Å². The number of aryl methyl sites for hydroxylation is 1. The summed E-state index contributed by atoms with van der Waals surface area (Å²) in [6.07, 6.45) is 5.06. The van der Waals surface area contributed by atoms with Crippen LogP contribution in [-0.4, -0.2) is 37.2 Å². The van der Waals surface area contributed by atoms with Gasteiger partial charge < -0.3 is 18.5 Å². The van der Waals surface area contributed by atoms with Crippen molar-refractivity contribution < 1.29 is 9.53 Å². The Labute approximate surface area is 177 Å². The molecule has 1 aliphatic heterocycles. The van der Waals surface area contributed by atoms with Crippen LogP contribution in [0.15, 0.2) is 36.5 Å². The summed E-state index contributed by atoms with van der Waals surface area (Å²) in [6, 6.07) is 7.45. The number of halogens is 2. The molecule has 0 atom stereocenters. The first-order chi connectivity index (χ1) is 13.1. The molecule has 1 aromatic carbocycles. The maximum atomic E-state index is 12.4. The Bertz CT molecular complexity index is 854. The van der Waals surface area contributed by atoms with E-state index in [1.807, 2.05) is 48.0 Å². The third-order valence-corrected chi connectivity index (χ3v) is 5.19. The Morgan fingerprint density at radius 2 is 2.11 bits per heavy atom. The number of nitrogens with zero attached hydrogens (tertiary/aromatic N) is 2. The lowest BCUT2D eigenvalue weighted by Gasteiger charge is -2.28. The van der Waals surface area contributed by atoms with Crippen molar-refractivity contribution in [2.45, 2.75) is 6.92 Å². The van der Waals surface area contributed by atoms with Gasteiger partial charge in [0.2, 0.25) is 5.91 Å². The normalized spacial score (nSPS) is 14.4. The van der Waals surface area contributed by atoms with E-state index >= 15 is 0 Å². The quantitative estimate of drug-likeness (QED) is 0.366. The molecule has 0 spiro atoms. The predicted molar refractivity (Wildman–Crippen MR) is 119 cm³/mol. The average Bonchev–Trinajstić information content (AvgIpc) is 2.70. The molecule has 0 aliphatic carbocycles. The fraction of sp³-hybridized carbons (Fsp3) is 0.263. The zero-order valence-corrected chi connectivity index (χ0v) is 17.8. The number of nitrogens with one attached hydrogen (secondary N) is 2. The molecule has 1 aromatic heterocycles. The molecule has 3 rings (SSSR count). The monoisotopic (exact) mass is 498 g/mol. The predicted octanol–water partition coefficient (Wildman–Crippen LogP) is 4.29. The standard InChI is InChI=1S/C19H20ClIN4O2/c1-13-11-16(17(24-21)12-15(13)20)23-18(26)5-4-14-3-2-6-22-19(14)25-7-9-27-10-8-25/h2-6,11-12,24H,7-10H2,1H3,(H,23,26)/b5-4+. The van der Waals surface area contributed by atoms with E-state index in [1.165, 1.54) is 6.08 Å². The van der Waals surface area contributed by atoms with Crippen LogP contribution < -0.4 is 13.7 Å². The van der Waals surface area contributed by atoms with Crippen LogP contribution in [-0.2, 0) is 9.53 Å². The molecule has 2 aromatic rings. The summed E-state index contributed by atoms with van der Waals surface area (Å²) < 4.78 is 8.41. The van der Waals surface area contributed by atoms with Gasteiger partial charge in [0.15, 0.2) is 0 Å². The van der Waals surface area contributed by atoms with Gasteiger partial charge in [0.1, 0.15) is 5.82 Å². The smallest absolute Gasteiger partial charge is 0.248 e. The Kier molecular flexibility index (Phi) is 6.92. The molecule has 1 saturated heterocycles. The van der Waals surface area contributed by atoms with Crippen LogP contribution in [0.5, 0.6) is 0 Å². The van der Waals surface area contributed by atoms with Crippen molar-refractivity contribution in [1.82, 2.24) is 4.98 Å². The van der Waals surface area contributed by atoms with E-state index in [0.29, 0.717) is 23.9 Å². The maximum Gasteiger partial charge on any atom is 0.248 e. The molecule has 6 nitrogen and oxygen atoms in total. The SMILES string of the molecule is Cc1cc(NC(=O)/C=C/c2cccnc2N2CCOCC2)c(NI)cc1Cl. The number of anilines is 3. The van der Waals surface area contributed by atoms with Crippen LogP contribution in [0.25, 0.3) is 6.08 Å². The van der Waals surface area contributed by atoms with E-state index in [1.54, 1.807) is 18.3 Å². The highest BCUT2D eigenvalue weighted by Crippen LogP contribution is 2.30. The highest BCUT2D eigenvalue weighted by Gasteiger charge is 2.15. The second-order valence-corrected chi connectivity index (χ2v) is 7.03. The van der Waals surface area contributed by atoms with Gasteiger partial charge in [-0.2, -0.15) is 0 Å². The lowest BCUT2D eigenvalue weighted by Crippen LogP contribution is -2.37. The number of pyridine rings is 1. The van der Waals surface area contributed by atoms with Crippen molar-refractivity contribution in [2.24, 2.45) is 0 Å². The number of carbonyl (C=O) groups is 1. The lowest BCUT2D eigenvalue weighted by molar-refractivity contribution is -0.111. The Hall–Kier alpha value is -1.84. The third kappa shape index (κ3) is 5.12. The minimum absolute atomic E-state index is 0.221. The number of aromatic nitrogens is 1. The Morgan fingerprint density at radius 3 is 2.85 bits per heavy atom. The first-order valence-corrected chi connectivity index (χ1v) is 9.97. The molecule has 1 amide bonds. The number of rotatable bonds is 5. The minimum Gasteiger partial charge on any atom is -0.378 e. The number of morpholine rings is 1. The molecule has 0 unspecified atom stereocenters. The number of hydrogen-bond acceptors (Lipinski definition) is 5. The van der Waals surface area contributed by atoms with Crippen molar-refractivity contribution >= 4 is 63.6 Å². The summed E-state index contributed by atoms with van der Waals surface area (Å²) in [5, 5.41) is 3.54. The van der Waals surface area contributed by atoms with Crippen LogP contribution in [0.3, 0.4) is 0 Å². The first kappa shape index (κ1) is 19.9. The number of ether oxygens (including phenoxy) is 1. The molecule has 142 valence electrons. The molecule has 27 heavy (non-hydrogen) atoms. The topological polar surface area (TPSA) is 66.5 Å². The molecular formula is C19H20ClIN4O2.